The molecule has 2 aromatic rings. The van der Waals surface area contributed by atoms with Crippen LogP contribution in [0.4, 0.5) is 5.69 Å². The Bertz CT molecular complexity index is 781. The summed E-state index contributed by atoms with van der Waals surface area (Å²) in [7, 11) is 1.85. The molecule has 2 heterocycles. The zero-order valence-electron chi connectivity index (χ0n) is 16.9. The van der Waals surface area contributed by atoms with E-state index in [4.69, 9.17) is 10.5 Å². The van der Waals surface area contributed by atoms with Gasteiger partial charge in [-0.3, -0.25) is 9.69 Å². The van der Waals surface area contributed by atoms with Gasteiger partial charge in [-0.05, 0) is 32.3 Å². The highest BCUT2D eigenvalue weighted by molar-refractivity contribution is 5.77. The number of hydrogen-bond acceptors (Lipinski definition) is 6. The Balaban J connectivity index is 0.00000300. The molecule has 1 aliphatic heterocycles. The number of likely N-dealkylation sites (N-methyl/N-ethyl adjacent to an activating group) is 1. The Labute approximate surface area is 173 Å². The molecule has 1 amide bonds. The normalized spacial score (nSPS) is 14.9. The molecule has 7 nitrogen and oxygen atoms in total. The van der Waals surface area contributed by atoms with Crippen molar-refractivity contribution in [3.8, 4) is 6.01 Å². The summed E-state index contributed by atoms with van der Waals surface area (Å²) in [4.78, 5) is 25.2. The molecule has 1 aliphatic rings. The Hall–Kier alpha value is -2.67. The zero-order chi connectivity index (χ0) is 20.1. The smallest absolute Gasteiger partial charge is 0.317 e. The molecule has 158 valence electrons. The molecule has 0 saturated carbocycles. The van der Waals surface area contributed by atoms with Crippen LogP contribution in [0.3, 0.4) is 0 Å². The summed E-state index contributed by atoms with van der Waals surface area (Å²) >= 11 is 0. The van der Waals surface area contributed by atoms with Gasteiger partial charge in [-0.25, -0.2) is 0 Å². The second kappa shape index (κ2) is 10.2. The van der Waals surface area contributed by atoms with Crippen LogP contribution in [-0.4, -0.2) is 58.5 Å². The molecule has 0 unspecified atom stereocenters. The number of nitrogens with two attached hydrogens (primary N) is 1. The molecule has 29 heavy (non-hydrogen) atoms. The van der Waals surface area contributed by atoms with Gasteiger partial charge in [0.15, 0.2) is 6.61 Å². The molecule has 1 fully saturated rings. The third-order valence-electron chi connectivity index (χ3n) is 5.38. The molecule has 0 radical (unpaired) electrons. The first kappa shape index (κ1) is 22.6. The number of likely N-dealkylation sites (tertiary alicyclic amines) is 1. The monoisotopic (exact) mass is 399 g/mol. The van der Waals surface area contributed by atoms with Gasteiger partial charge in [0.2, 0.25) is 0 Å². The van der Waals surface area contributed by atoms with E-state index in [1.165, 1.54) is 5.56 Å². The minimum Gasteiger partial charge on any atom is -0.453 e. The van der Waals surface area contributed by atoms with E-state index in [2.05, 4.69) is 39.1 Å². The number of aryl methyl sites for hydroxylation is 2. The summed E-state index contributed by atoms with van der Waals surface area (Å²) in [6, 6.07) is 10.9. The van der Waals surface area contributed by atoms with Crippen molar-refractivity contribution in [1.82, 2.24) is 19.8 Å². The van der Waals surface area contributed by atoms with Crippen LogP contribution < -0.4 is 10.5 Å². The molecule has 0 spiro atoms. The number of nitrogen functional groups attached to an aromatic ring is 1. The maximum absolute atomic E-state index is 12.5. The lowest BCUT2D eigenvalue weighted by atomic mass is 10.0. The fraction of sp³-hybridized carbons (Fsp3) is 0.500. The van der Waals surface area contributed by atoms with Gasteiger partial charge in [-0.15, -0.1) is 0 Å². The third-order valence-corrected chi connectivity index (χ3v) is 5.38. The van der Waals surface area contributed by atoms with E-state index < -0.39 is 0 Å². The number of amides is 1. The highest BCUT2D eigenvalue weighted by atomic mass is 16.5. The van der Waals surface area contributed by atoms with E-state index in [-0.39, 0.29) is 32.0 Å². The molecule has 1 aromatic heterocycles. The number of carbonyl (C=O) groups excluding carboxylic acids is 1. The lowest BCUT2D eigenvalue weighted by Crippen LogP contribution is -2.46. The first-order valence-corrected chi connectivity index (χ1v) is 9.69. The van der Waals surface area contributed by atoms with Crippen molar-refractivity contribution in [3.63, 3.8) is 0 Å². The average Bonchev–Trinajstić information content (AvgIpc) is 2.71. The van der Waals surface area contributed by atoms with Crippen molar-refractivity contribution in [1.29, 1.82) is 0 Å². The predicted molar refractivity (Wildman–Crippen MR) is 116 cm³/mol. The largest absolute Gasteiger partial charge is 0.453 e. The van der Waals surface area contributed by atoms with Crippen molar-refractivity contribution in [2.45, 2.75) is 46.7 Å². The predicted octanol–water partition coefficient (Wildman–Crippen LogP) is 2.81. The van der Waals surface area contributed by atoms with Crippen molar-refractivity contribution in [2.75, 3.05) is 32.5 Å². The average molecular weight is 400 g/mol. The molecule has 1 aromatic carbocycles. The minimum absolute atomic E-state index is 0. The van der Waals surface area contributed by atoms with Gasteiger partial charge in [-0.2, -0.15) is 9.97 Å². The maximum Gasteiger partial charge on any atom is 0.317 e. The van der Waals surface area contributed by atoms with Crippen LogP contribution in [0.5, 0.6) is 6.01 Å². The molecule has 1 saturated heterocycles. The fourth-order valence-electron chi connectivity index (χ4n) is 3.50. The van der Waals surface area contributed by atoms with Crippen LogP contribution in [0.2, 0.25) is 0 Å². The van der Waals surface area contributed by atoms with Gasteiger partial charge in [0.25, 0.3) is 5.91 Å². The van der Waals surface area contributed by atoms with Crippen LogP contribution in [0.15, 0.2) is 30.3 Å². The van der Waals surface area contributed by atoms with Gasteiger partial charge >= 0.3 is 6.01 Å². The van der Waals surface area contributed by atoms with Gasteiger partial charge in [0.1, 0.15) is 0 Å². The van der Waals surface area contributed by atoms with Gasteiger partial charge in [-0.1, -0.05) is 37.8 Å². The molecule has 7 heteroatoms. The number of aromatic nitrogens is 2. The van der Waals surface area contributed by atoms with Crippen LogP contribution in [-0.2, 0) is 11.3 Å². The molecule has 0 bridgehead atoms. The summed E-state index contributed by atoms with van der Waals surface area (Å²) in [5.41, 5.74) is 9.06. The van der Waals surface area contributed by atoms with Crippen LogP contribution >= 0.6 is 0 Å². The molecular formula is C22H33N5O2. The van der Waals surface area contributed by atoms with E-state index in [0.29, 0.717) is 17.1 Å². The van der Waals surface area contributed by atoms with Crippen LogP contribution in [0.25, 0.3) is 0 Å². The number of ether oxygens (including phenoxy) is 1. The number of benzene rings is 1. The number of piperidine rings is 1. The minimum atomic E-state index is -0.0659. The number of hydrogen-bond donors (Lipinski definition) is 1. The highest BCUT2D eigenvalue weighted by Gasteiger charge is 2.25. The van der Waals surface area contributed by atoms with Crippen molar-refractivity contribution < 1.29 is 9.53 Å². The van der Waals surface area contributed by atoms with Crippen molar-refractivity contribution in [2.24, 2.45) is 0 Å². The SMILES string of the molecule is C.Cc1nc(OCC(=O)N(C)C2CCN(Cc3ccccc3)CC2)nc(C)c1N. The summed E-state index contributed by atoms with van der Waals surface area (Å²) in [5.74, 6) is -0.0581. The van der Waals surface area contributed by atoms with Gasteiger partial charge < -0.3 is 15.4 Å². The number of carbonyl (C=O) groups is 1. The van der Waals surface area contributed by atoms with Gasteiger partial charge in [0, 0.05) is 32.7 Å². The van der Waals surface area contributed by atoms with E-state index in [1.54, 1.807) is 18.7 Å². The second-order valence-electron chi connectivity index (χ2n) is 7.38. The summed E-state index contributed by atoms with van der Waals surface area (Å²) in [6.07, 6.45) is 1.93. The Morgan fingerprint density at radius 3 is 2.34 bits per heavy atom. The van der Waals surface area contributed by atoms with E-state index in [0.717, 1.165) is 32.5 Å². The molecule has 3 rings (SSSR count). The highest BCUT2D eigenvalue weighted by Crippen LogP contribution is 2.19. The summed E-state index contributed by atoms with van der Waals surface area (Å²) in [6.45, 7) is 6.46. The number of anilines is 1. The first-order chi connectivity index (χ1) is 13.4. The number of rotatable bonds is 6. The third kappa shape index (κ3) is 5.90. The van der Waals surface area contributed by atoms with E-state index in [1.807, 2.05) is 13.1 Å². The number of nitrogens with zero attached hydrogens (tertiary/aromatic N) is 4. The lowest BCUT2D eigenvalue weighted by Gasteiger charge is -2.36. The van der Waals surface area contributed by atoms with Crippen molar-refractivity contribution >= 4 is 11.6 Å². The summed E-state index contributed by atoms with van der Waals surface area (Å²) < 4.78 is 5.52. The molecule has 2 N–H and O–H groups in total. The zero-order valence-corrected chi connectivity index (χ0v) is 16.9. The Kier molecular flexibility index (Phi) is 7.96. The fourth-order valence-corrected chi connectivity index (χ4v) is 3.50. The maximum atomic E-state index is 12.5. The van der Waals surface area contributed by atoms with Crippen LogP contribution in [0.1, 0.15) is 37.2 Å². The van der Waals surface area contributed by atoms with E-state index >= 15 is 0 Å². The quantitative estimate of drug-likeness (QED) is 0.804. The standard InChI is InChI=1S/C21H29N5O2.CH4/c1-15-20(22)16(2)24-21(23-15)28-14-19(27)25(3)18-9-11-26(12-10-18)13-17-7-5-4-6-8-17;/h4-8,18H,9-14,22H2,1-3H3;1H4. The second-order valence-corrected chi connectivity index (χ2v) is 7.38. The Morgan fingerprint density at radius 1 is 1.17 bits per heavy atom. The molecule has 0 aliphatic carbocycles. The molecule has 0 atom stereocenters. The van der Waals surface area contributed by atoms with Crippen LogP contribution in [0, 0.1) is 13.8 Å². The molecular weight excluding hydrogens is 366 g/mol. The first-order valence-electron chi connectivity index (χ1n) is 9.69. The summed E-state index contributed by atoms with van der Waals surface area (Å²) in [5, 5.41) is 0. The van der Waals surface area contributed by atoms with Gasteiger partial charge in [0.05, 0.1) is 17.1 Å². The Morgan fingerprint density at radius 2 is 1.76 bits per heavy atom. The van der Waals surface area contributed by atoms with E-state index in [9.17, 15) is 4.79 Å². The lowest BCUT2D eigenvalue weighted by molar-refractivity contribution is -0.135. The topological polar surface area (TPSA) is 84.6 Å². The van der Waals surface area contributed by atoms with Crippen molar-refractivity contribution in [3.05, 3.63) is 47.3 Å².